The highest BCUT2D eigenvalue weighted by Crippen LogP contribution is 2.34. The topological polar surface area (TPSA) is 161 Å². The number of amidine groups is 1. The number of ketones is 1. The van der Waals surface area contributed by atoms with Gasteiger partial charge in [0.25, 0.3) is 11.8 Å². The average molecular weight is 576 g/mol. The summed E-state index contributed by atoms with van der Waals surface area (Å²) in [6.45, 7) is 7.92. The highest BCUT2D eigenvalue weighted by molar-refractivity contribution is 6.38. The van der Waals surface area contributed by atoms with Crippen molar-refractivity contribution < 1.29 is 28.8 Å². The number of nitrogens with zero attached hydrogens (tertiary/aromatic N) is 4. The van der Waals surface area contributed by atoms with E-state index in [-0.39, 0.29) is 42.7 Å². The van der Waals surface area contributed by atoms with Crippen molar-refractivity contribution in [2.45, 2.75) is 77.9 Å². The van der Waals surface area contributed by atoms with Crippen LogP contribution in [0.5, 0.6) is 0 Å². The highest BCUT2D eigenvalue weighted by Gasteiger charge is 2.48. The average Bonchev–Trinajstić information content (AvgIpc) is 3.66. The molecule has 0 aromatic rings. The molecule has 2 saturated heterocycles. The van der Waals surface area contributed by atoms with Crippen molar-refractivity contribution in [3.05, 3.63) is 0 Å². The Kier molecular flexibility index (Phi) is 10.5. The second-order valence-electron chi connectivity index (χ2n) is 12.0. The maximum atomic E-state index is 14.0. The van der Waals surface area contributed by atoms with Gasteiger partial charge in [0, 0.05) is 39.8 Å². The van der Waals surface area contributed by atoms with E-state index in [0.717, 1.165) is 12.8 Å². The molecular weight excluding hydrogens is 530 g/mol. The first-order valence-electron chi connectivity index (χ1n) is 14.5. The quantitative estimate of drug-likeness (QED) is 0.167. The van der Waals surface area contributed by atoms with Crippen LogP contribution in [0.4, 0.5) is 0 Å². The van der Waals surface area contributed by atoms with Crippen LogP contribution >= 0.6 is 0 Å². The third-order valence-corrected chi connectivity index (χ3v) is 8.16. The van der Waals surface area contributed by atoms with Gasteiger partial charge in [-0.05, 0) is 50.4 Å². The van der Waals surface area contributed by atoms with Crippen LogP contribution in [0.25, 0.3) is 0 Å². The minimum absolute atomic E-state index is 0.0392. The minimum Gasteiger partial charge on any atom is -0.358 e. The fraction of sp³-hybridized carbons (Fsp3) is 0.750. The Morgan fingerprint density at radius 3 is 2.34 bits per heavy atom. The zero-order valence-electron chi connectivity index (χ0n) is 25.1. The van der Waals surface area contributed by atoms with E-state index in [1.54, 1.807) is 25.9 Å². The molecule has 2 bridgehead atoms. The predicted molar refractivity (Wildman–Crippen MR) is 152 cm³/mol. The van der Waals surface area contributed by atoms with Crippen LogP contribution in [0.1, 0.15) is 59.8 Å². The van der Waals surface area contributed by atoms with Gasteiger partial charge in [-0.25, -0.2) is 0 Å². The molecule has 2 unspecified atom stereocenters. The Morgan fingerprint density at radius 2 is 1.76 bits per heavy atom. The third-order valence-electron chi connectivity index (χ3n) is 8.16. The zero-order valence-corrected chi connectivity index (χ0v) is 25.1. The molecule has 3 fully saturated rings. The number of likely N-dealkylation sites (N-methyl/N-ethyl adjacent to an activating group) is 1. The summed E-state index contributed by atoms with van der Waals surface area (Å²) >= 11 is 0. The van der Waals surface area contributed by atoms with Crippen LogP contribution in [0.15, 0.2) is 4.99 Å². The van der Waals surface area contributed by atoms with Gasteiger partial charge in [0.05, 0.1) is 13.1 Å². The molecule has 0 aromatic heterocycles. The number of fused-ring (bicyclic) bond motifs is 2. The predicted octanol–water partition coefficient (Wildman–Crippen LogP) is -0.699. The SMILES string of the molecule is CCN=C(C(=O)NCC(=O)NC(C(=O)N1C[C@@H]2CCN(CC(=O)C(=O)NC3CC3)C(=O)C1C2)C(C)(C)CC)N(C)C. The summed E-state index contributed by atoms with van der Waals surface area (Å²) in [7, 11) is 3.37. The molecule has 3 atom stereocenters. The number of rotatable bonds is 11. The maximum Gasteiger partial charge on any atom is 0.289 e. The number of hydrogen-bond donors (Lipinski definition) is 3. The van der Waals surface area contributed by atoms with Crippen molar-refractivity contribution in [1.82, 2.24) is 30.7 Å². The Balaban J connectivity index is 1.69. The summed E-state index contributed by atoms with van der Waals surface area (Å²) < 4.78 is 0. The van der Waals surface area contributed by atoms with E-state index >= 15 is 0 Å². The van der Waals surface area contributed by atoms with E-state index in [1.807, 2.05) is 20.8 Å². The Labute approximate surface area is 241 Å². The molecule has 3 rings (SSSR count). The van der Waals surface area contributed by atoms with Gasteiger partial charge in [-0.2, -0.15) is 0 Å². The lowest BCUT2D eigenvalue weighted by Crippen LogP contribution is -2.60. The summed E-state index contributed by atoms with van der Waals surface area (Å²) in [6, 6.07) is -1.67. The van der Waals surface area contributed by atoms with Gasteiger partial charge in [0.1, 0.15) is 12.1 Å². The van der Waals surface area contributed by atoms with Crippen LogP contribution in [0.2, 0.25) is 0 Å². The number of nitrogens with one attached hydrogen (secondary N) is 3. The third kappa shape index (κ3) is 8.04. The molecule has 5 amide bonds. The van der Waals surface area contributed by atoms with Gasteiger partial charge in [0.2, 0.25) is 23.5 Å². The van der Waals surface area contributed by atoms with E-state index in [0.29, 0.717) is 38.9 Å². The molecule has 13 nitrogen and oxygen atoms in total. The lowest BCUT2D eigenvalue weighted by molar-refractivity contribution is -0.149. The molecule has 228 valence electrons. The van der Waals surface area contributed by atoms with Gasteiger partial charge < -0.3 is 30.7 Å². The molecular formula is C28H45N7O6. The normalized spacial score (nSPS) is 21.6. The lowest BCUT2D eigenvalue weighted by Gasteiger charge is -2.38. The molecule has 0 aromatic carbocycles. The summed E-state index contributed by atoms with van der Waals surface area (Å²) in [5.41, 5.74) is -0.651. The molecule has 1 saturated carbocycles. The summed E-state index contributed by atoms with van der Waals surface area (Å²) in [5, 5.41) is 8.02. The van der Waals surface area contributed by atoms with Gasteiger partial charge in [-0.15, -0.1) is 0 Å². The molecule has 41 heavy (non-hydrogen) atoms. The molecule has 3 aliphatic rings. The van der Waals surface area contributed by atoms with Crippen LogP contribution in [0, 0.1) is 11.3 Å². The Hall–Kier alpha value is -3.51. The van der Waals surface area contributed by atoms with E-state index in [1.165, 1.54) is 9.80 Å². The first kappa shape index (κ1) is 32.0. The number of hydrogen-bond acceptors (Lipinski definition) is 7. The zero-order chi connectivity index (χ0) is 30.5. The fourth-order valence-electron chi connectivity index (χ4n) is 5.14. The smallest absolute Gasteiger partial charge is 0.289 e. The van der Waals surface area contributed by atoms with Gasteiger partial charge in [-0.3, -0.25) is 33.8 Å². The number of amides is 5. The molecule has 1 aliphatic carbocycles. The van der Waals surface area contributed by atoms with Gasteiger partial charge in [-0.1, -0.05) is 20.8 Å². The second kappa shape index (κ2) is 13.4. The van der Waals surface area contributed by atoms with Crippen molar-refractivity contribution in [3.63, 3.8) is 0 Å². The monoisotopic (exact) mass is 575 g/mol. The summed E-state index contributed by atoms with van der Waals surface area (Å²) in [5.74, 6) is -2.86. The van der Waals surface area contributed by atoms with Crippen molar-refractivity contribution in [1.29, 1.82) is 0 Å². The van der Waals surface area contributed by atoms with E-state index < -0.39 is 41.0 Å². The highest BCUT2D eigenvalue weighted by atomic mass is 16.2. The van der Waals surface area contributed by atoms with Crippen molar-refractivity contribution in [2.75, 3.05) is 46.8 Å². The summed E-state index contributed by atoms with van der Waals surface area (Å²) in [6.07, 6.45) is 3.35. The Morgan fingerprint density at radius 1 is 1.07 bits per heavy atom. The number of carbonyl (C=O) groups excluding carboxylic acids is 6. The lowest BCUT2D eigenvalue weighted by atomic mass is 9.80. The number of likely N-dealkylation sites (tertiary alicyclic amines) is 2. The Bertz CT molecular complexity index is 1080. The standard InChI is InChI=1S/C28H45N7O6/c1-7-28(3,4)22(32-21(37)14-30-25(39)23(29-8-2)33(5)6)27(41)35-15-17-11-12-34(26(40)19(35)13-17)16-20(36)24(38)31-18-9-10-18/h17-19,22H,7-16H2,1-6H3,(H,30,39)(H,31,38)(H,32,37)/t17-,19?,22?/m1/s1. The number of carbonyl (C=O) groups is 6. The number of aliphatic imine (C=N–C) groups is 1. The molecule has 2 aliphatic heterocycles. The van der Waals surface area contributed by atoms with E-state index in [2.05, 4.69) is 20.9 Å². The van der Waals surface area contributed by atoms with Crippen LogP contribution in [-0.2, 0) is 28.8 Å². The molecule has 0 radical (unpaired) electrons. The molecule has 13 heteroatoms. The summed E-state index contributed by atoms with van der Waals surface area (Å²) in [4.78, 5) is 86.3. The van der Waals surface area contributed by atoms with Crippen LogP contribution < -0.4 is 16.0 Å². The molecule has 0 spiro atoms. The largest absolute Gasteiger partial charge is 0.358 e. The van der Waals surface area contributed by atoms with Gasteiger partial charge >= 0.3 is 0 Å². The van der Waals surface area contributed by atoms with E-state index in [4.69, 9.17) is 0 Å². The van der Waals surface area contributed by atoms with Crippen molar-refractivity contribution in [3.8, 4) is 0 Å². The number of Topliss-reactive ketones (excluding diaryl/α,β-unsaturated/α-hetero) is 1. The first-order chi connectivity index (χ1) is 19.3. The fourth-order valence-corrected chi connectivity index (χ4v) is 5.14. The van der Waals surface area contributed by atoms with Crippen LogP contribution in [-0.4, -0.2) is 121 Å². The van der Waals surface area contributed by atoms with Crippen molar-refractivity contribution >= 4 is 41.2 Å². The van der Waals surface area contributed by atoms with Gasteiger partial charge in [0.15, 0.2) is 5.84 Å². The molecule has 2 heterocycles. The maximum absolute atomic E-state index is 14.0. The van der Waals surface area contributed by atoms with Crippen LogP contribution in [0.3, 0.4) is 0 Å². The van der Waals surface area contributed by atoms with Crippen molar-refractivity contribution in [2.24, 2.45) is 16.3 Å². The second-order valence-corrected chi connectivity index (χ2v) is 12.0. The minimum atomic E-state index is -0.942. The van der Waals surface area contributed by atoms with E-state index in [9.17, 15) is 28.8 Å². The first-order valence-corrected chi connectivity index (χ1v) is 14.5. The molecule has 3 N–H and O–H groups in total.